The Hall–Kier alpha value is -1.98. The van der Waals surface area contributed by atoms with Crippen LogP contribution in [0.5, 0.6) is 0 Å². The summed E-state index contributed by atoms with van der Waals surface area (Å²) in [6, 6.07) is 10.9. The third-order valence-electron chi connectivity index (χ3n) is 3.14. The minimum absolute atomic E-state index is 0.0964. The molecule has 4 nitrogen and oxygen atoms in total. The number of nitrogens with two attached hydrogens (primary N) is 2. The van der Waals surface area contributed by atoms with Gasteiger partial charge in [-0.2, -0.15) is 0 Å². The molecule has 6 heteroatoms. The maximum Gasteiger partial charge on any atom is 0.169 e. The fourth-order valence-corrected chi connectivity index (χ4v) is 2.32. The van der Waals surface area contributed by atoms with E-state index in [1.807, 2.05) is 30.3 Å². The van der Waals surface area contributed by atoms with Crippen LogP contribution in [0.2, 0.25) is 5.02 Å². The van der Waals surface area contributed by atoms with E-state index in [0.717, 1.165) is 5.56 Å². The molecule has 0 radical (unpaired) electrons. The summed E-state index contributed by atoms with van der Waals surface area (Å²) in [5.74, 6) is -0.668. The van der Waals surface area contributed by atoms with Gasteiger partial charge in [0.2, 0.25) is 0 Å². The molecule has 0 saturated carbocycles. The number of hydrogen-bond donors (Lipinski definition) is 3. The molecular weight excluding hydrogens is 293 g/mol. The lowest BCUT2D eigenvalue weighted by atomic mass is 10.1. The normalized spacial score (nSPS) is 10.6. The molecule has 0 aliphatic carbocycles. The minimum Gasteiger partial charge on any atom is -0.397 e. The van der Waals surface area contributed by atoms with Gasteiger partial charge in [0.15, 0.2) is 5.82 Å². The predicted molar refractivity (Wildman–Crippen MR) is 84.8 cm³/mol. The third kappa shape index (κ3) is 3.37. The Labute approximate surface area is 127 Å². The van der Waals surface area contributed by atoms with Crippen molar-refractivity contribution >= 4 is 28.7 Å². The summed E-state index contributed by atoms with van der Waals surface area (Å²) >= 11 is 5.86. The van der Waals surface area contributed by atoms with Crippen LogP contribution in [0.1, 0.15) is 5.56 Å². The van der Waals surface area contributed by atoms with E-state index in [-0.39, 0.29) is 35.2 Å². The number of halogens is 2. The highest BCUT2D eigenvalue weighted by Crippen LogP contribution is 2.36. The average Bonchev–Trinajstić information content (AvgIpc) is 2.46. The molecule has 0 saturated heterocycles. The van der Waals surface area contributed by atoms with Crippen LogP contribution in [0.4, 0.5) is 21.5 Å². The largest absolute Gasteiger partial charge is 0.397 e. The molecule has 0 aliphatic heterocycles. The standard InChI is InChI=1S/C15H17ClFN3O/c16-13-11(18)8-12(19)15(14(13)17)20(6-7-21)9-10-4-2-1-3-5-10/h1-5,8,21H,6-7,9,18-19H2. The maximum absolute atomic E-state index is 14.4. The van der Waals surface area contributed by atoms with Gasteiger partial charge >= 0.3 is 0 Å². The SMILES string of the molecule is Nc1cc(N)c(N(CCO)Cc2ccccc2)c(F)c1Cl. The second-order valence-electron chi connectivity index (χ2n) is 4.66. The number of aliphatic hydroxyl groups excluding tert-OH is 1. The van der Waals surface area contributed by atoms with E-state index >= 15 is 0 Å². The smallest absolute Gasteiger partial charge is 0.169 e. The number of aliphatic hydroxyl groups is 1. The Bertz CT molecular complexity index is 622. The molecule has 0 aliphatic rings. The van der Waals surface area contributed by atoms with Crippen molar-refractivity contribution < 1.29 is 9.50 Å². The molecule has 0 amide bonds. The predicted octanol–water partition coefficient (Wildman–Crippen LogP) is 2.64. The number of benzene rings is 2. The van der Waals surface area contributed by atoms with Gasteiger partial charge < -0.3 is 21.5 Å². The number of nitrogens with zero attached hydrogens (tertiary/aromatic N) is 1. The first kappa shape index (κ1) is 15.4. The van der Waals surface area contributed by atoms with E-state index in [1.165, 1.54) is 6.07 Å². The molecule has 5 N–H and O–H groups in total. The van der Waals surface area contributed by atoms with Crippen molar-refractivity contribution in [1.82, 2.24) is 0 Å². The fourth-order valence-electron chi connectivity index (χ4n) is 2.17. The topological polar surface area (TPSA) is 75.5 Å². The summed E-state index contributed by atoms with van der Waals surface area (Å²) in [5.41, 5.74) is 12.9. The zero-order valence-corrected chi connectivity index (χ0v) is 12.1. The maximum atomic E-state index is 14.4. The average molecular weight is 310 g/mol. The van der Waals surface area contributed by atoms with E-state index in [4.69, 9.17) is 23.1 Å². The summed E-state index contributed by atoms with van der Waals surface area (Å²) in [7, 11) is 0. The summed E-state index contributed by atoms with van der Waals surface area (Å²) in [5, 5.41) is 9.06. The van der Waals surface area contributed by atoms with E-state index in [1.54, 1.807) is 4.90 Å². The first-order valence-electron chi connectivity index (χ1n) is 6.47. The lowest BCUT2D eigenvalue weighted by molar-refractivity contribution is 0.301. The second-order valence-corrected chi connectivity index (χ2v) is 5.04. The van der Waals surface area contributed by atoms with E-state index in [0.29, 0.717) is 6.54 Å². The van der Waals surface area contributed by atoms with Crippen LogP contribution >= 0.6 is 11.6 Å². The van der Waals surface area contributed by atoms with Gasteiger partial charge in [-0.3, -0.25) is 0 Å². The third-order valence-corrected chi connectivity index (χ3v) is 3.53. The minimum atomic E-state index is -0.668. The zero-order chi connectivity index (χ0) is 15.4. The number of anilines is 3. The monoisotopic (exact) mass is 309 g/mol. The van der Waals surface area contributed by atoms with E-state index < -0.39 is 5.82 Å². The van der Waals surface area contributed by atoms with Crippen LogP contribution in [0, 0.1) is 5.82 Å². The highest BCUT2D eigenvalue weighted by molar-refractivity contribution is 6.33. The van der Waals surface area contributed by atoms with Gasteiger partial charge in [0.25, 0.3) is 0 Å². The van der Waals surface area contributed by atoms with E-state index in [9.17, 15) is 9.50 Å². The molecular formula is C15H17ClFN3O. The van der Waals surface area contributed by atoms with Crippen LogP contribution < -0.4 is 16.4 Å². The van der Waals surface area contributed by atoms with Crippen molar-refractivity contribution in [3.05, 3.63) is 52.8 Å². The lowest BCUT2D eigenvalue weighted by Crippen LogP contribution is -2.28. The van der Waals surface area contributed by atoms with Gasteiger partial charge in [-0.1, -0.05) is 41.9 Å². The first-order chi connectivity index (χ1) is 10.0. The van der Waals surface area contributed by atoms with Crippen LogP contribution in [-0.4, -0.2) is 18.3 Å². The molecule has 0 fully saturated rings. The molecule has 112 valence electrons. The molecule has 2 aromatic carbocycles. The van der Waals surface area contributed by atoms with Crippen molar-refractivity contribution in [1.29, 1.82) is 0 Å². The van der Waals surface area contributed by atoms with E-state index in [2.05, 4.69) is 0 Å². The van der Waals surface area contributed by atoms with Crippen LogP contribution in [-0.2, 0) is 6.54 Å². The molecule has 0 heterocycles. The summed E-state index contributed by atoms with van der Waals surface area (Å²) < 4.78 is 14.4. The quantitative estimate of drug-likeness (QED) is 0.742. The molecule has 0 unspecified atom stereocenters. The molecule has 0 atom stereocenters. The van der Waals surface area contributed by atoms with Crippen LogP contribution in [0.3, 0.4) is 0 Å². The van der Waals surface area contributed by atoms with Crippen molar-refractivity contribution in [2.75, 3.05) is 29.5 Å². The highest BCUT2D eigenvalue weighted by Gasteiger charge is 2.20. The lowest BCUT2D eigenvalue weighted by Gasteiger charge is -2.26. The van der Waals surface area contributed by atoms with Gasteiger partial charge in [-0.25, -0.2) is 4.39 Å². The van der Waals surface area contributed by atoms with Gasteiger partial charge in [0, 0.05) is 13.1 Å². The molecule has 0 aromatic heterocycles. The number of nitrogen functional groups attached to an aromatic ring is 2. The molecule has 2 aromatic rings. The van der Waals surface area contributed by atoms with Crippen molar-refractivity contribution in [2.45, 2.75) is 6.54 Å². The Balaban J connectivity index is 2.41. The van der Waals surface area contributed by atoms with Crippen LogP contribution in [0.15, 0.2) is 36.4 Å². The summed E-state index contributed by atoms with van der Waals surface area (Å²) in [4.78, 5) is 1.64. The zero-order valence-electron chi connectivity index (χ0n) is 11.4. The fraction of sp³-hybridized carbons (Fsp3) is 0.200. The van der Waals surface area contributed by atoms with Crippen molar-refractivity contribution in [2.24, 2.45) is 0 Å². The molecule has 0 bridgehead atoms. The van der Waals surface area contributed by atoms with Gasteiger partial charge in [0.05, 0.1) is 23.7 Å². The Morgan fingerprint density at radius 1 is 1.14 bits per heavy atom. The molecule has 21 heavy (non-hydrogen) atoms. The Kier molecular flexibility index (Phi) is 4.88. The van der Waals surface area contributed by atoms with Gasteiger partial charge in [-0.05, 0) is 11.6 Å². The summed E-state index contributed by atoms with van der Waals surface area (Å²) in [6.45, 7) is 0.507. The Morgan fingerprint density at radius 2 is 1.81 bits per heavy atom. The van der Waals surface area contributed by atoms with Gasteiger partial charge in [-0.15, -0.1) is 0 Å². The Morgan fingerprint density at radius 3 is 2.43 bits per heavy atom. The molecule has 2 rings (SSSR count). The number of hydrogen-bond acceptors (Lipinski definition) is 4. The van der Waals surface area contributed by atoms with Gasteiger partial charge in [0.1, 0.15) is 5.02 Å². The van der Waals surface area contributed by atoms with Crippen molar-refractivity contribution in [3.8, 4) is 0 Å². The molecule has 0 spiro atoms. The first-order valence-corrected chi connectivity index (χ1v) is 6.85. The highest BCUT2D eigenvalue weighted by atomic mass is 35.5. The summed E-state index contributed by atoms with van der Waals surface area (Å²) in [6.07, 6.45) is 0. The number of rotatable bonds is 5. The van der Waals surface area contributed by atoms with Crippen molar-refractivity contribution in [3.63, 3.8) is 0 Å². The second kappa shape index (κ2) is 6.65. The van der Waals surface area contributed by atoms with Crippen LogP contribution in [0.25, 0.3) is 0 Å².